The fourth-order valence-electron chi connectivity index (χ4n) is 1.51. The van der Waals surface area contributed by atoms with Gasteiger partial charge in [-0.15, -0.1) is 0 Å². The lowest BCUT2D eigenvalue weighted by molar-refractivity contribution is -0.140. The smallest absolute Gasteiger partial charge is 0.408 e. The zero-order valence-electron chi connectivity index (χ0n) is 11.2. The fraction of sp³-hybridized carbons (Fsp3) is 0.818. The fourth-order valence-corrected chi connectivity index (χ4v) is 1.51. The third-order valence-corrected chi connectivity index (χ3v) is 2.42. The minimum absolute atomic E-state index is 0.00212. The van der Waals surface area contributed by atoms with Crippen molar-refractivity contribution >= 4 is 12.1 Å². The number of carboxylic acids is 1. The SMILES string of the molecule is CC(C)(C)OC(=O)N[C@@H](CC1(CCO)N=N1)C(=O)O. The topological polar surface area (TPSA) is 121 Å². The summed E-state index contributed by atoms with van der Waals surface area (Å²) in [6, 6.07) is -1.16. The van der Waals surface area contributed by atoms with Crippen molar-refractivity contribution in [2.75, 3.05) is 6.61 Å². The number of aliphatic hydroxyl groups is 1. The van der Waals surface area contributed by atoms with Gasteiger partial charge < -0.3 is 20.3 Å². The Hall–Kier alpha value is -1.70. The molecule has 19 heavy (non-hydrogen) atoms. The van der Waals surface area contributed by atoms with E-state index in [9.17, 15) is 9.59 Å². The van der Waals surface area contributed by atoms with Gasteiger partial charge in [-0.25, -0.2) is 9.59 Å². The van der Waals surface area contributed by atoms with E-state index in [1.807, 2.05) is 0 Å². The first-order valence-electron chi connectivity index (χ1n) is 5.95. The van der Waals surface area contributed by atoms with Gasteiger partial charge in [0.25, 0.3) is 0 Å². The quantitative estimate of drug-likeness (QED) is 0.664. The largest absolute Gasteiger partial charge is 0.480 e. The highest BCUT2D eigenvalue weighted by Gasteiger charge is 2.44. The molecule has 0 spiro atoms. The lowest BCUT2D eigenvalue weighted by Crippen LogP contribution is -2.45. The molecule has 1 aliphatic heterocycles. The van der Waals surface area contributed by atoms with Gasteiger partial charge in [0.1, 0.15) is 11.6 Å². The van der Waals surface area contributed by atoms with E-state index in [-0.39, 0.29) is 19.4 Å². The zero-order valence-corrected chi connectivity index (χ0v) is 11.2. The Morgan fingerprint density at radius 2 is 1.95 bits per heavy atom. The summed E-state index contributed by atoms with van der Waals surface area (Å²) < 4.78 is 4.99. The number of alkyl carbamates (subject to hydrolysis) is 1. The summed E-state index contributed by atoms with van der Waals surface area (Å²) in [5.74, 6) is -1.19. The maximum absolute atomic E-state index is 11.5. The van der Waals surface area contributed by atoms with Gasteiger partial charge in [0, 0.05) is 19.4 Å². The summed E-state index contributed by atoms with van der Waals surface area (Å²) in [6.07, 6.45) is -0.561. The van der Waals surface area contributed by atoms with Crippen LogP contribution in [0.1, 0.15) is 33.6 Å². The van der Waals surface area contributed by atoms with Crippen LogP contribution in [-0.2, 0) is 9.53 Å². The van der Waals surface area contributed by atoms with Gasteiger partial charge in [0.05, 0.1) is 0 Å². The number of nitrogens with one attached hydrogen (secondary N) is 1. The first-order chi connectivity index (χ1) is 8.67. The molecule has 0 fully saturated rings. The number of rotatable bonds is 6. The van der Waals surface area contributed by atoms with Crippen LogP contribution in [0.15, 0.2) is 10.2 Å². The Labute approximate surface area is 110 Å². The van der Waals surface area contributed by atoms with Crippen molar-refractivity contribution in [2.45, 2.75) is 50.9 Å². The van der Waals surface area contributed by atoms with E-state index in [0.29, 0.717) is 0 Å². The predicted octanol–water partition coefficient (Wildman–Crippen LogP) is 0.899. The molecule has 0 aromatic rings. The van der Waals surface area contributed by atoms with Crippen molar-refractivity contribution in [1.29, 1.82) is 0 Å². The lowest BCUT2D eigenvalue weighted by atomic mass is 10.0. The predicted molar refractivity (Wildman–Crippen MR) is 64.7 cm³/mol. The molecule has 1 amide bonds. The highest BCUT2D eigenvalue weighted by atomic mass is 16.6. The van der Waals surface area contributed by atoms with Crippen LogP contribution < -0.4 is 5.32 Å². The van der Waals surface area contributed by atoms with Crippen LogP contribution >= 0.6 is 0 Å². The Kier molecular flexibility index (Phi) is 4.46. The second kappa shape index (κ2) is 5.52. The van der Waals surface area contributed by atoms with E-state index >= 15 is 0 Å². The molecule has 1 heterocycles. The maximum atomic E-state index is 11.5. The van der Waals surface area contributed by atoms with Gasteiger partial charge in [-0.1, -0.05) is 0 Å². The molecule has 1 aliphatic rings. The van der Waals surface area contributed by atoms with E-state index in [0.717, 1.165) is 0 Å². The van der Waals surface area contributed by atoms with Crippen LogP contribution in [0, 0.1) is 0 Å². The van der Waals surface area contributed by atoms with E-state index in [2.05, 4.69) is 15.5 Å². The van der Waals surface area contributed by atoms with Crippen LogP contribution in [0.25, 0.3) is 0 Å². The molecule has 1 atom stereocenters. The molecule has 0 aromatic carbocycles. The zero-order chi connectivity index (χ0) is 14.7. The normalized spacial score (nSPS) is 17.7. The van der Waals surface area contributed by atoms with Gasteiger partial charge in [-0.05, 0) is 20.8 Å². The van der Waals surface area contributed by atoms with Crippen LogP contribution in [0.4, 0.5) is 4.79 Å². The Balaban J connectivity index is 2.54. The highest BCUT2D eigenvalue weighted by molar-refractivity contribution is 5.80. The van der Waals surface area contributed by atoms with Gasteiger partial charge in [-0.3, -0.25) is 0 Å². The third-order valence-electron chi connectivity index (χ3n) is 2.42. The van der Waals surface area contributed by atoms with E-state index in [4.69, 9.17) is 14.9 Å². The van der Waals surface area contributed by atoms with Crippen molar-refractivity contribution in [1.82, 2.24) is 5.32 Å². The molecule has 0 saturated carbocycles. The molecule has 0 saturated heterocycles. The van der Waals surface area contributed by atoms with Crippen molar-refractivity contribution < 1.29 is 24.5 Å². The van der Waals surface area contributed by atoms with Crippen LogP contribution in [0.3, 0.4) is 0 Å². The van der Waals surface area contributed by atoms with Gasteiger partial charge in [0.2, 0.25) is 0 Å². The van der Waals surface area contributed by atoms with Crippen LogP contribution in [-0.4, -0.2) is 46.2 Å². The summed E-state index contributed by atoms with van der Waals surface area (Å²) >= 11 is 0. The van der Waals surface area contributed by atoms with Crippen molar-refractivity contribution in [3.8, 4) is 0 Å². The average molecular weight is 273 g/mol. The summed E-state index contributed by atoms with van der Waals surface area (Å²) in [6.45, 7) is 4.90. The molecule has 0 aromatic heterocycles. The average Bonchev–Trinajstić information content (AvgIpc) is 2.94. The molecule has 8 heteroatoms. The molecule has 0 unspecified atom stereocenters. The van der Waals surface area contributed by atoms with E-state index in [1.165, 1.54) is 0 Å². The van der Waals surface area contributed by atoms with Crippen molar-refractivity contribution in [2.24, 2.45) is 10.2 Å². The lowest BCUT2D eigenvalue weighted by Gasteiger charge is -2.22. The summed E-state index contributed by atoms with van der Waals surface area (Å²) in [7, 11) is 0. The molecule has 8 nitrogen and oxygen atoms in total. The van der Waals surface area contributed by atoms with Crippen molar-refractivity contribution in [3.63, 3.8) is 0 Å². The van der Waals surface area contributed by atoms with Crippen molar-refractivity contribution in [3.05, 3.63) is 0 Å². The first kappa shape index (κ1) is 15.4. The molecular weight excluding hydrogens is 254 g/mol. The molecular formula is C11H19N3O5. The second-order valence-electron chi connectivity index (χ2n) is 5.40. The van der Waals surface area contributed by atoms with Crippen LogP contribution in [0.2, 0.25) is 0 Å². The number of carbonyl (C=O) groups excluding carboxylic acids is 1. The number of hydrogen-bond donors (Lipinski definition) is 3. The number of aliphatic hydroxyl groups excluding tert-OH is 1. The van der Waals surface area contributed by atoms with E-state index in [1.54, 1.807) is 20.8 Å². The number of carboxylic acid groups (broad SMARTS) is 1. The summed E-state index contributed by atoms with van der Waals surface area (Å²) in [5, 5.41) is 27.7. The van der Waals surface area contributed by atoms with Gasteiger partial charge >= 0.3 is 12.1 Å². The van der Waals surface area contributed by atoms with E-state index < -0.39 is 29.4 Å². The Morgan fingerprint density at radius 1 is 1.37 bits per heavy atom. The summed E-state index contributed by atoms with van der Waals surface area (Å²) in [4.78, 5) is 22.6. The minimum Gasteiger partial charge on any atom is -0.480 e. The highest BCUT2D eigenvalue weighted by Crippen LogP contribution is 2.36. The minimum atomic E-state index is -1.19. The number of nitrogens with zero attached hydrogens (tertiary/aromatic N) is 2. The molecule has 1 rings (SSSR count). The van der Waals surface area contributed by atoms with Gasteiger partial charge in [0.15, 0.2) is 5.66 Å². The van der Waals surface area contributed by atoms with Gasteiger partial charge in [-0.2, -0.15) is 10.2 Å². The standard InChI is InChI=1S/C11H19N3O5/c1-10(2,3)19-9(18)12-7(8(16)17)6-11(4-5-15)13-14-11/h7,15H,4-6H2,1-3H3,(H,12,18)(H,16,17)/t7-/m0/s1. The summed E-state index contributed by atoms with van der Waals surface area (Å²) in [5.41, 5.74) is -1.59. The number of ether oxygens (including phenoxy) is 1. The molecule has 0 bridgehead atoms. The number of carbonyl (C=O) groups is 2. The number of hydrogen-bond acceptors (Lipinski definition) is 6. The maximum Gasteiger partial charge on any atom is 0.408 e. The Morgan fingerprint density at radius 3 is 2.32 bits per heavy atom. The molecule has 108 valence electrons. The number of amides is 1. The second-order valence-corrected chi connectivity index (χ2v) is 5.40. The molecule has 0 radical (unpaired) electrons. The number of aliphatic carboxylic acids is 1. The molecule has 3 N–H and O–H groups in total. The first-order valence-corrected chi connectivity index (χ1v) is 5.95. The van der Waals surface area contributed by atoms with Crippen LogP contribution in [0.5, 0.6) is 0 Å². The Bertz CT molecular complexity index is 382. The third kappa shape index (κ3) is 5.21. The molecule has 0 aliphatic carbocycles. The monoisotopic (exact) mass is 273 g/mol.